The standard InChI is InChI=1S/C23H24Cl2N6O/c1-14-11-19(31-10-8-27-15(31)2)16-5-4-6-20(22(16)29-14)32-13-17-18(24)12-28-23(21(17)25)30(3)9-7-26/h4-6,8,10-12H,7,9,13,26H2,1-3H3. The third kappa shape index (κ3) is 4.24. The van der Waals surface area contributed by atoms with Crippen LogP contribution in [0.4, 0.5) is 5.82 Å². The van der Waals surface area contributed by atoms with Crippen molar-refractivity contribution in [1.82, 2.24) is 19.5 Å². The molecule has 0 spiro atoms. The van der Waals surface area contributed by atoms with Crippen molar-refractivity contribution in [2.45, 2.75) is 20.5 Å². The van der Waals surface area contributed by atoms with E-state index in [2.05, 4.69) is 9.97 Å². The lowest BCUT2D eigenvalue weighted by atomic mass is 10.1. The third-order valence-corrected chi connectivity index (χ3v) is 5.96. The van der Waals surface area contributed by atoms with Crippen LogP contribution in [0.1, 0.15) is 17.1 Å². The van der Waals surface area contributed by atoms with Crippen molar-refractivity contribution in [1.29, 1.82) is 0 Å². The number of benzene rings is 1. The molecule has 3 heterocycles. The molecule has 166 valence electrons. The van der Waals surface area contributed by atoms with Crippen molar-refractivity contribution in [2.24, 2.45) is 5.73 Å². The Bertz CT molecular complexity index is 1270. The van der Waals surface area contributed by atoms with Crippen molar-refractivity contribution in [2.75, 3.05) is 25.0 Å². The Labute approximate surface area is 196 Å². The first-order valence-corrected chi connectivity index (χ1v) is 10.9. The predicted molar refractivity (Wildman–Crippen MR) is 129 cm³/mol. The van der Waals surface area contributed by atoms with Gasteiger partial charge >= 0.3 is 0 Å². The van der Waals surface area contributed by atoms with Gasteiger partial charge in [0.1, 0.15) is 29.5 Å². The fraction of sp³-hybridized carbons (Fsp3) is 0.261. The van der Waals surface area contributed by atoms with E-state index >= 15 is 0 Å². The summed E-state index contributed by atoms with van der Waals surface area (Å²) >= 11 is 13.0. The first-order chi connectivity index (χ1) is 15.4. The molecule has 0 saturated carbocycles. The molecule has 0 aliphatic heterocycles. The smallest absolute Gasteiger partial charge is 0.147 e. The highest BCUT2D eigenvalue weighted by atomic mass is 35.5. The molecule has 3 aromatic heterocycles. The van der Waals surface area contributed by atoms with E-state index in [9.17, 15) is 0 Å². The molecule has 4 rings (SSSR count). The number of halogens is 2. The first kappa shape index (κ1) is 22.3. The van der Waals surface area contributed by atoms with Crippen molar-refractivity contribution < 1.29 is 4.74 Å². The minimum Gasteiger partial charge on any atom is -0.487 e. The normalized spacial score (nSPS) is 11.2. The number of para-hydroxylation sites is 1. The van der Waals surface area contributed by atoms with Gasteiger partial charge in [0.15, 0.2) is 0 Å². The zero-order valence-electron chi connectivity index (χ0n) is 18.1. The van der Waals surface area contributed by atoms with Gasteiger partial charge in [-0.05, 0) is 26.0 Å². The number of hydrogen-bond acceptors (Lipinski definition) is 6. The monoisotopic (exact) mass is 470 g/mol. The number of nitrogens with two attached hydrogens (primary N) is 1. The van der Waals surface area contributed by atoms with Gasteiger partial charge in [-0.2, -0.15) is 0 Å². The fourth-order valence-electron chi connectivity index (χ4n) is 3.62. The van der Waals surface area contributed by atoms with Gasteiger partial charge in [0.2, 0.25) is 0 Å². The largest absolute Gasteiger partial charge is 0.487 e. The van der Waals surface area contributed by atoms with Crippen LogP contribution in [0.3, 0.4) is 0 Å². The lowest BCUT2D eigenvalue weighted by Crippen LogP contribution is -2.26. The molecule has 0 bridgehead atoms. The van der Waals surface area contributed by atoms with E-state index < -0.39 is 0 Å². The molecule has 0 atom stereocenters. The Hall–Kier alpha value is -2.87. The zero-order valence-corrected chi connectivity index (χ0v) is 19.7. The number of likely N-dealkylation sites (N-methyl/N-ethyl adjacent to an activating group) is 1. The second-order valence-corrected chi connectivity index (χ2v) is 8.29. The van der Waals surface area contributed by atoms with Crippen LogP contribution in [0.5, 0.6) is 5.75 Å². The van der Waals surface area contributed by atoms with E-state index in [0.717, 1.165) is 28.1 Å². The van der Waals surface area contributed by atoms with E-state index in [0.29, 0.717) is 40.3 Å². The molecule has 0 aliphatic carbocycles. The van der Waals surface area contributed by atoms with E-state index in [-0.39, 0.29) is 6.61 Å². The fourth-order valence-corrected chi connectivity index (χ4v) is 4.21. The maximum Gasteiger partial charge on any atom is 0.147 e. The SMILES string of the molecule is Cc1cc(-n2ccnc2C)c2cccc(OCc3c(Cl)cnc(N(C)CCN)c3Cl)c2n1. The van der Waals surface area contributed by atoms with Crippen LogP contribution in [0, 0.1) is 13.8 Å². The first-order valence-electron chi connectivity index (χ1n) is 10.2. The van der Waals surface area contributed by atoms with Crippen molar-refractivity contribution in [3.8, 4) is 11.4 Å². The Morgan fingerprint density at radius 1 is 1.19 bits per heavy atom. The molecule has 0 fully saturated rings. The highest BCUT2D eigenvalue weighted by molar-refractivity contribution is 6.37. The molecule has 32 heavy (non-hydrogen) atoms. The Balaban J connectivity index is 1.72. The van der Waals surface area contributed by atoms with Crippen molar-refractivity contribution in [3.05, 3.63) is 70.0 Å². The molecule has 7 nitrogen and oxygen atoms in total. The van der Waals surface area contributed by atoms with Crippen LogP contribution < -0.4 is 15.4 Å². The summed E-state index contributed by atoms with van der Waals surface area (Å²) in [6.07, 6.45) is 5.30. The summed E-state index contributed by atoms with van der Waals surface area (Å²) in [5.74, 6) is 2.16. The van der Waals surface area contributed by atoms with E-state index in [1.54, 1.807) is 12.4 Å². The number of imidazole rings is 1. The van der Waals surface area contributed by atoms with Crippen molar-refractivity contribution >= 4 is 39.9 Å². The number of pyridine rings is 2. The van der Waals surface area contributed by atoms with Gasteiger partial charge in [-0.25, -0.2) is 15.0 Å². The lowest BCUT2D eigenvalue weighted by Gasteiger charge is -2.20. The minimum absolute atomic E-state index is 0.178. The van der Waals surface area contributed by atoms with Crippen LogP contribution in [0.25, 0.3) is 16.6 Å². The second kappa shape index (κ2) is 9.32. The Kier molecular flexibility index (Phi) is 6.50. The molecule has 9 heteroatoms. The lowest BCUT2D eigenvalue weighted by molar-refractivity contribution is 0.309. The molecule has 1 aromatic carbocycles. The number of hydrogen-bond donors (Lipinski definition) is 1. The summed E-state index contributed by atoms with van der Waals surface area (Å²) in [5.41, 5.74) is 8.97. The summed E-state index contributed by atoms with van der Waals surface area (Å²) in [7, 11) is 1.89. The predicted octanol–water partition coefficient (Wildman–Crippen LogP) is 4.71. The van der Waals surface area contributed by atoms with Crippen LogP contribution in [0.15, 0.2) is 42.9 Å². The molecule has 0 radical (unpaired) electrons. The number of aromatic nitrogens is 4. The number of fused-ring (bicyclic) bond motifs is 1. The summed E-state index contributed by atoms with van der Waals surface area (Å²) in [5, 5.41) is 1.86. The Morgan fingerprint density at radius 3 is 2.72 bits per heavy atom. The van der Waals surface area contributed by atoms with Gasteiger partial charge in [-0.1, -0.05) is 35.3 Å². The number of rotatable bonds is 7. The topological polar surface area (TPSA) is 82.1 Å². The maximum atomic E-state index is 6.63. The minimum atomic E-state index is 0.178. The number of nitrogens with zero attached hydrogens (tertiary/aromatic N) is 5. The third-order valence-electron chi connectivity index (χ3n) is 5.24. The zero-order chi connectivity index (χ0) is 22.8. The highest BCUT2D eigenvalue weighted by Gasteiger charge is 2.17. The highest BCUT2D eigenvalue weighted by Crippen LogP contribution is 2.34. The average Bonchev–Trinajstić information content (AvgIpc) is 3.19. The molecule has 0 unspecified atom stereocenters. The molecule has 0 amide bonds. The van der Waals surface area contributed by atoms with E-state index in [4.69, 9.17) is 38.7 Å². The summed E-state index contributed by atoms with van der Waals surface area (Å²) in [6.45, 7) is 5.22. The average molecular weight is 471 g/mol. The van der Waals surface area contributed by atoms with Gasteiger partial charge in [0.25, 0.3) is 0 Å². The number of anilines is 1. The van der Waals surface area contributed by atoms with Crippen LogP contribution in [-0.2, 0) is 6.61 Å². The van der Waals surface area contributed by atoms with E-state index in [1.807, 2.05) is 60.8 Å². The van der Waals surface area contributed by atoms with Gasteiger partial charge in [-0.3, -0.25) is 0 Å². The molecule has 0 aliphatic rings. The summed E-state index contributed by atoms with van der Waals surface area (Å²) < 4.78 is 8.23. The number of aryl methyl sites for hydroxylation is 2. The quantitative estimate of drug-likeness (QED) is 0.420. The summed E-state index contributed by atoms with van der Waals surface area (Å²) in [4.78, 5) is 15.3. The van der Waals surface area contributed by atoms with Gasteiger partial charge in [-0.15, -0.1) is 0 Å². The maximum absolute atomic E-state index is 6.63. The van der Waals surface area contributed by atoms with Crippen LogP contribution in [0.2, 0.25) is 10.0 Å². The second-order valence-electron chi connectivity index (χ2n) is 7.50. The van der Waals surface area contributed by atoms with Gasteiger partial charge in [0, 0.05) is 55.4 Å². The molecular weight excluding hydrogens is 447 g/mol. The van der Waals surface area contributed by atoms with Crippen molar-refractivity contribution in [3.63, 3.8) is 0 Å². The van der Waals surface area contributed by atoms with Gasteiger partial charge in [0.05, 0.1) is 15.7 Å². The number of ether oxygens (including phenoxy) is 1. The van der Waals surface area contributed by atoms with Crippen LogP contribution in [-0.4, -0.2) is 39.7 Å². The molecule has 2 N–H and O–H groups in total. The Morgan fingerprint density at radius 2 is 2.00 bits per heavy atom. The van der Waals surface area contributed by atoms with E-state index in [1.165, 1.54) is 0 Å². The molecule has 0 saturated heterocycles. The molecular formula is C23H24Cl2N6O. The van der Waals surface area contributed by atoms with Gasteiger partial charge < -0.3 is 19.9 Å². The van der Waals surface area contributed by atoms with Crippen LogP contribution >= 0.6 is 23.2 Å². The summed E-state index contributed by atoms with van der Waals surface area (Å²) in [6, 6.07) is 7.90. The molecule has 4 aromatic rings.